The molecule has 2 aliphatic rings. The maximum atomic E-state index is 9.23. The van der Waals surface area contributed by atoms with Crippen LogP contribution in [0.2, 0.25) is 0 Å². The van der Waals surface area contributed by atoms with Crippen molar-refractivity contribution < 1.29 is 9.84 Å². The van der Waals surface area contributed by atoms with Gasteiger partial charge in [0.1, 0.15) is 0 Å². The first kappa shape index (κ1) is 7.56. The van der Waals surface area contributed by atoms with Crippen LogP contribution in [-0.2, 0) is 4.74 Å². The quantitative estimate of drug-likeness (QED) is 0.578. The van der Waals surface area contributed by atoms with Gasteiger partial charge in [-0.15, -0.1) is 0 Å². The topological polar surface area (TPSA) is 29.5 Å². The molecule has 0 unspecified atom stereocenters. The third-order valence-corrected chi connectivity index (χ3v) is 2.96. The highest BCUT2D eigenvalue weighted by Crippen LogP contribution is 2.34. The van der Waals surface area contributed by atoms with Gasteiger partial charge in [-0.2, -0.15) is 0 Å². The van der Waals surface area contributed by atoms with E-state index in [9.17, 15) is 5.11 Å². The molecule has 0 aromatic rings. The average molecular weight is 156 g/mol. The minimum absolute atomic E-state index is 0.382. The van der Waals surface area contributed by atoms with Crippen LogP contribution in [0, 0.1) is 5.92 Å². The normalized spacial score (nSPS) is 45.0. The molecule has 1 heterocycles. The molecule has 1 saturated carbocycles. The molecule has 0 amide bonds. The molecule has 2 nitrogen and oxygen atoms in total. The molecule has 64 valence electrons. The van der Waals surface area contributed by atoms with E-state index in [4.69, 9.17) is 4.74 Å². The van der Waals surface area contributed by atoms with Gasteiger partial charge in [0.2, 0.25) is 0 Å². The Morgan fingerprint density at radius 1 is 1.00 bits per heavy atom. The monoisotopic (exact) mass is 156 g/mol. The second kappa shape index (κ2) is 3.11. The van der Waals surface area contributed by atoms with Crippen molar-refractivity contribution in [3.8, 4) is 0 Å². The van der Waals surface area contributed by atoms with E-state index >= 15 is 0 Å². The molecule has 3 atom stereocenters. The van der Waals surface area contributed by atoms with Gasteiger partial charge in [0.25, 0.3) is 0 Å². The number of aliphatic hydroxyl groups excluding tert-OH is 1. The zero-order valence-corrected chi connectivity index (χ0v) is 6.83. The number of ether oxygens (including phenoxy) is 1. The lowest BCUT2D eigenvalue weighted by molar-refractivity contribution is -0.190. The summed E-state index contributed by atoms with van der Waals surface area (Å²) in [7, 11) is 0. The van der Waals surface area contributed by atoms with Gasteiger partial charge in [-0.3, -0.25) is 0 Å². The van der Waals surface area contributed by atoms with Crippen molar-refractivity contribution in [2.75, 3.05) is 0 Å². The number of hydrogen-bond donors (Lipinski definition) is 1. The molecular formula is C9H16O2. The zero-order chi connectivity index (χ0) is 7.68. The average Bonchev–Trinajstić information content (AvgIpc) is 2.04. The van der Waals surface area contributed by atoms with E-state index in [-0.39, 0.29) is 0 Å². The Hall–Kier alpha value is -0.0800. The molecule has 1 saturated heterocycles. The summed E-state index contributed by atoms with van der Waals surface area (Å²) in [6, 6.07) is 0. The van der Waals surface area contributed by atoms with E-state index in [1.807, 2.05) is 0 Å². The smallest absolute Gasteiger partial charge is 0.154 e. The fourth-order valence-corrected chi connectivity index (χ4v) is 2.31. The van der Waals surface area contributed by atoms with Crippen molar-refractivity contribution in [3.05, 3.63) is 0 Å². The second-order valence-corrected chi connectivity index (χ2v) is 3.75. The molecule has 2 fully saturated rings. The van der Waals surface area contributed by atoms with Gasteiger partial charge >= 0.3 is 0 Å². The number of rotatable bonds is 0. The second-order valence-electron chi connectivity index (χ2n) is 3.75. The molecule has 1 aliphatic heterocycles. The minimum Gasteiger partial charge on any atom is -0.368 e. The standard InChI is InChI=1S/C9H16O2/c10-9-6-5-7-3-1-2-4-8(7)11-9/h7-10H,1-6H2/t7-,8+,9-/m1/s1. The fourth-order valence-electron chi connectivity index (χ4n) is 2.31. The Morgan fingerprint density at radius 2 is 1.82 bits per heavy atom. The number of aliphatic hydroxyl groups is 1. The highest BCUT2D eigenvalue weighted by atomic mass is 16.6. The van der Waals surface area contributed by atoms with Crippen molar-refractivity contribution in [3.63, 3.8) is 0 Å². The van der Waals surface area contributed by atoms with Crippen molar-refractivity contribution in [1.82, 2.24) is 0 Å². The Balaban J connectivity index is 1.93. The summed E-state index contributed by atoms with van der Waals surface area (Å²) in [5.41, 5.74) is 0. The molecule has 11 heavy (non-hydrogen) atoms. The van der Waals surface area contributed by atoms with E-state index in [0.717, 1.165) is 12.3 Å². The van der Waals surface area contributed by atoms with Crippen molar-refractivity contribution >= 4 is 0 Å². The van der Waals surface area contributed by atoms with Gasteiger partial charge in [-0.05, 0) is 31.6 Å². The Morgan fingerprint density at radius 3 is 2.73 bits per heavy atom. The zero-order valence-electron chi connectivity index (χ0n) is 6.83. The Bertz CT molecular complexity index is 136. The van der Waals surface area contributed by atoms with Crippen LogP contribution in [0.15, 0.2) is 0 Å². The van der Waals surface area contributed by atoms with E-state index in [1.165, 1.54) is 32.1 Å². The van der Waals surface area contributed by atoms with E-state index in [0.29, 0.717) is 6.10 Å². The predicted octanol–water partition coefficient (Wildman–Crippen LogP) is 1.67. The summed E-state index contributed by atoms with van der Waals surface area (Å²) in [4.78, 5) is 0. The summed E-state index contributed by atoms with van der Waals surface area (Å²) in [6.45, 7) is 0. The van der Waals surface area contributed by atoms with E-state index in [1.54, 1.807) is 0 Å². The molecule has 1 aliphatic carbocycles. The minimum atomic E-state index is -0.464. The first-order valence-corrected chi connectivity index (χ1v) is 4.70. The molecule has 0 aromatic carbocycles. The van der Waals surface area contributed by atoms with Gasteiger partial charge in [-0.1, -0.05) is 12.8 Å². The highest BCUT2D eigenvalue weighted by molar-refractivity contribution is 4.79. The Kier molecular flexibility index (Phi) is 2.14. The van der Waals surface area contributed by atoms with Crippen LogP contribution in [0.3, 0.4) is 0 Å². The van der Waals surface area contributed by atoms with Gasteiger partial charge in [0.05, 0.1) is 6.10 Å². The van der Waals surface area contributed by atoms with Gasteiger partial charge < -0.3 is 9.84 Å². The lowest BCUT2D eigenvalue weighted by Gasteiger charge is -2.37. The summed E-state index contributed by atoms with van der Waals surface area (Å²) in [6.07, 6.45) is 7.07. The fraction of sp³-hybridized carbons (Fsp3) is 1.00. The third kappa shape index (κ3) is 1.57. The molecule has 0 spiro atoms. The van der Waals surface area contributed by atoms with Gasteiger partial charge in [0.15, 0.2) is 6.29 Å². The Labute approximate surface area is 67.6 Å². The molecular weight excluding hydrogens is 140 g/mol. The summed E-state index contributed by atoms with van der Waals surface area (Å²) in [5, 5.41) is 9.23. The lowest BCUT2D eigenvalue weighted by atomic mass is 9.82. The van der Waals surface area contributed by atoms with Gasteiger partial charge in [0, 0.05) is 0 Å². The molecule has 1 N–H and O–H groups in total. The summed E-state index contributed by atoms with van der Waals surface area (Å²) in [5.74, 6) is 0.757. The SMILES string of the molecule is O[C@H]1CC[C@H]2CCCC[C@@H]2O1. The predicted molar refractivity (Wildman–Crippen MR) is 42.1 cm³/mol. The summed E-state index contributed by atoms with van der Waals surface area (Å²) >= 11 is 0. The lowest BCUT2D eigenvalue weighted by Crippen LogP contribution is -2.36. The maximum absolute atomic E-state index is 9.23. The molecule has 2 rings (SSSR count). The third-order valence-electron chi connectivity index (χ3n) is 2.96. The largest absolute Gasteiger partial charge is 0.368 e. The van der Waals surface area contributed by atoms with Crippen LogP contribution in [0.4, 0.5) is 0 Å². The van der Waals surface area contributed by atoms with E-state index < -0.39 is 6.29 Å². The van der Waals surface area contributed by atoms with Crippen LogP contribution in [-0.4, -0.2) is 17.5 Å². The van der Waals surface area contributed by atoms with Crippen molar-refractivity contribution in [2.45, 2.75) is 50.9 Å². The summed E-state index contributed by atoms with van der Waals surface area (Å²) < 4.78 is 5.45. The molecule has 2 heteroatoms. The molecule has 0 bridgehead atoms. The van der Waals surface area contributed by atoms with Crippen molar-refractivity contribution in [2.24, 2.45) is 5.92 Å². The molecule has 0 radical (unpaired) electrons. The highest BCUT2D eigenvalue weighted by Gasteiger charge is 2.31. The van der Waals surface area contributed by atoms with Crippen LogP contribution in [0.1, 0.15) is 38.5 Å². The van der Waals surface area contributed by atoms with Crippen LogP contribution < -0.4 is 0 Å². The number of hydrogen-bond acceptors (Lipinski definition) is 2. The van der Waals surface area contributed by atoms with Crippen molar-refractivity contribution in [1.29, 1.82) is 0 Å². The van der Waals surface area contributed by atoms with Crippen LogP contribution in [0.5, 0.6) is 0 Å². The first-order chi connectivity index (χ1) is 5.36. The molecule has 0 aromatic heterocycles. The van der Waals surface area contributed by atoms with Gasteiger partial charge in [-0.25, -0.2) is 0 Å². The van der Waals surface area contributed by atoms with Crippen LogP contribution >= 0.6 is 0 Å². The van der Waals surface area contributed by atoms with E-state index in [2.05, 4.69) is 0 Å². The number of fused-ring (bicyclic) bond motifs is 1. The first-order valence-electron chi connectivity index (χ1n) is 4.70. The van der Waals surface area contributed by atoms with Crippen LogP contribution in [0.25, 0.3) is 0 Å². The maximum Gasteiger partial charge on any atom is 0.154 e.